The zero-order valence-corrected chi connectivity index (χ0v) is 17.1. The molecular formula is C20H20Cl2N2O4. The Bertz CT molecular complexity index is 892. The number of halogens is 2. The quantitative estimate of drug-likeness (QED) is 0.690. The van der Waals surface area contributed by atoms with E-state index in [-0.39, 0.29) is 10.6 Å². The first-order chi connectivity index (χ1) is 13.2. The third-order valence-corrected chi connectivity index (χ3v) is 4.49. The minimum atomic E-state index is -0.957. The number of hydrogen-bond donors (Lipinski definition) is 2. The fourth-order valence-electron chi connectivity index (χ4n) is 2.49. The Morgan fingerprint density at radius 3 is 2.39 bits per heavy atom. The highest BCUT2D eigenvalue weighted by Crippen LogP contribution is 2.27. The molecule has 28 heavy (non-hydrogen) atoms. The van der Waals surface area contributed by atoms with Crippen LogP contribution in [0.15, 0.2) is 36.4 Å². The van der Waals surface area contributed by atoms with Crippen molar-refractivity contribution in [2.24, 2.45) is 0 Å². The monoisotopic (exact) mass is 422 g/mol. The summed E-state index contributed by atoms with van der Waals surface area (Å²) in [5.74, 6) is -1.80. The van der Waals surface area contributed by atoms with Gasteiger partial charge >= 0.3 is 5.97 Å². The van der Waals surface area contributed by atoms with Crippen molar-refractivity contribution in [2.45, 2.75) is 26.8 Å². The Hall–Kier alpha value is -2.57. The summed E-state index contributed by atoms with van der Waals surface area (Å²) in [6.45, 7) is 4.65. The van der Waals surface area contributed by atoms with E-state index in [9.17, 15) is 14.4 Å². The van der Waals surface area contributed by atoms with E-state index in [1.54, 1.807) is 24.3 Å². The molecule has 0 radical (unpaired) electrons. The third kappa shape index (κ3) is 5.71. The van der Waals surface area contributed by atoms with Gasteiger partial charge in [0, 0.05) is 0 Å². The number of ether oxygens (including phenoxy) is 1. The molecule has 6 nitrogen and oxygen atoms in total. The van der Waals surface area contributed by atoms with Crippen molar-refractivity contribution in [3.8, 4) is 0 Å². The van der Waals surface area contributed by atoms with Crippen LogP contribution in [0.25, 0.3) is 0 Å². The SMILES string of the molecule is Cc1cc(C)c(NC(=O)COC(=O)C(C)NC(=O)c2ccccc2Cl)c(Cl)c1. The summed E-state index contributed by atoms with van der Waals surface area (Å²) in [5, 5.41) is 5.77. The molecule has 0 aliphatic rings. The average Bonchev–Trinajstić information content (AvgIpc) is 2.62. The predicted octanol–water partition coefficient (Wildman–Crippen LogP) is 3.91. The van der Waals surface area contributed by atoms with Crippen molar-refractivity contribution in [3.63, 3.8) is 0 Å². The minimum absolute atomic E-state index is 0.242. The van der Waals surface area contributed by atoms with Crippen LogP contribution in [0.5, 0.6) is 0 Å². The van der Waals surface area contributed by atoms with Gasteiger partial charge in [0.1, 0.15) is 6.04 Å². The van der Waals surface area contributed by atoms with Crippen LogP contribution in [0.3, 0.4) is 0 Å². The van der Waals surface area contributed by atoms with Gasteiger partial charge in [-0.15, -0.1) is 0 Å². The number of rotatable bonds is 6. The Morgan fingerprint density at radius 2 is 1.75 bits per heavy atom. The fourth-order valence-corrected chi connectivity index (χ4v) is 3.08. The molecule has 0 bridgehead atoms. The number of anilines is 1. The highest BCUT2D eigenvalue weighted by molar-refractivity contribution is 6.34. The molecule has 1 unspecified atom stereocenters. The van der Waals surface area contributed by atoms with E-state index in [2.05, 4.69) is 10.6 Å². The lowest BCUT2D eigenvalue weighted by Crippen LogP contribution is -2.40. The first-order valence-electron chi connectivity index (χ1n) is 8.47. The first-order valence-corrected chi connectivity index (χ1v) is 9.23. The van der Waals surface area contributed by atoms with Crippen LogP contribution < -0.4 is 10.6 Å². The van der Waals surface area contributed by atoms with Crippen molar-refractivity contribution < 1.29 is 19.1 Å². The van der Waals surface area contributed by atoms with E-state index < -0.39 is 30.4 Å². The molecule has 1 atom stereocenters. The topological polar surface area (TPSA) is 84.5 Å². The minimum Gasteiger partial charge on any atom is -0.454 e. The van der Waals surface area contributed by atoms with Gasteiger partial charge in [-0.05, 0) is 50.1 Å². The van der Waals surface area contributed by atoms with Gasteiger partial charge in [-0.25, -0.2) is 4.79 Å². The third-order valence-electron chi connectivity index (χ3n) is 3.86. The summed E-state index contributed by atoms with van der Waals surface area (Å²) in [5.41, 5.74) is 2.47. The van der Waals surface area contributed by atoms with E-state index >= 15 is 0 Å². The van der Waals surface area contributed by atoms with Crippen molar-refractivity contribution in [3.05, 3.63) is 63.1 Å². The molecule has 2 aromatic rings. The highest BCUT2D eigenvalue weighted by Gasteiger charge is 2.20. The molecule has 0 fully saturated rings. The van der Waals surface area contributed by atoms with E-state index in [1.807, 2.05) is 19.9 Å². The molecule has 0 heterocycles. The lowest BCUT2D eigenvalue weighted by Gasteiger charge is -2.15. The van der Waals surface area contributed by atoms with Crippen LogP contribution in [0.1, 0.15) is 28.4 Å². The Labute approximate surface area is 173 Å². The molecule has 8 heteroatoms. The second-order valence-electron chi connectivity index (χ2n) is 6.27. The van der Waals surface area contributed by atoms with E-state index in [0.29, 0.717) is 10.7 Å². The van der Waals surface area contributed by atoms with Crippen LogP contribution in [-0.2, 0) is 14.3 Å². The number of aryl methyl sites for hydroxylation is 2. The van der Waals surface area contributed by atoms with Crippen molar-refractivity contribution in [1.29, 1.82) is 0 Å². The number of amides is 2. The molecule has 0 aliphatic carbocycles. The Balaban J connectivity index is 1.88. The van der Waals surface area contributed by atoms with Gasteiger partial charge in [-0.3, -0.25) is 9.59 Å². The van der Waals surface area contributed by atoms with Gasteiger partial charge in [-0.2, -0.15) is 0 Å². The zero-order valence-electron chi connectivity index (χ0n) is 15.6. The molecule has 0 saturated heterocycles. The number of hydrogen-bond acceptors (Lipinski definition) is 4. The summed E-state index contributed by atoms with van der Waals surface area (Å²) in [4.78, 5) is 36.3. The van der Waals surface area contributed by atoms with Gasteiger partial charge in [0.25, 0.3) is 11.8 Å². The lowest BCUT2D eigenvalue weighted by molar-refractivity contribution is -0.148. The second kappa shape index (κ2) is 9.57. The Kier molecular flexibility index (Phi) is 7.43. The Morgan fingerprint density at radius 1 is 1.07 bits per heavy atom. The average molecular weight is 423 g/mol. The second-order valence-corrected chi connectivity index (χ2v) is 7.08. The molecule has 2 amide bonds. The molecule has 0 saturated carbocycles. The summed E-state index contributed by atoms with van der Waals surface area (Å²) in [7, 11) is 0. The molecule has 2 N–H and O–H groups in total. The van der Waals surface area contributed by atoms with Crippen LogP contribution in [-0.4, -0.2) is 30.4 Å². The van der Waals surface area contributed by atoms with Crippen LogP contribution in [0.4, 0.5) is 5.69 Å². The van der Waals surface area contributed by atoms with Crippen molar-refractivity contribution >= 4 is 46.7 Å². The number of carbonyl (C=O) groups excluding carboxylic acids is 3. The standard InChI is InChI=1S/C20H20Cl2N2O4/c1-11-8-12(2)18(16(22)9-11)24-17(25)10-28-20(27)13(3)23-19(26)14-6-4-5-7-15(14)21/h4-9,13H,10H2,1-3H3,(H,23,26)(H,24,25). The lowest BCUT2D eigenvalue weighted by atomic mass is 10.1. The largest absolute Gasteiger partial charge is 0.454 e. The van der Waals surface area contributed by atoms with Gasteiger partial charge in [0.2, 0.25) is 0 Å². The predicted molar refractivity (Wildman–Crippen MR) is 109 cm³/mol. The molecule has 0 aliphatic heterocycles. The number of carbonyl (C=O) groups is 3. The number of benzene rings is 2. The molecule has 0 aromatic heterocycles. The summed E-state index contributed by atoms with van der Waals surface area (Å²) in [6, 6.07) is 9.10. The summed E-state index contributed by atoms with van der Waals surface area (Å²) >= 11 is 12.1. The highest BCUT2D eigenvalue weighted by atomic mass is 35.5. The van der Waals surface area contributed by atoms with E-state index in [0.717, 1.165) is 11.1 Å². The van der Waals surface area contributed by atoms with E-state index in [4.69, 9.17) is 27.9 Å². The molecule has 2 aromatic carbocycles. The van der Waals surface area contributed by atoms with Crippen molar-refractivity contribution in [1.82, 2.24) is 5.32 Å². The van der Waals surface area contributed by atoms with Crippen LogP contribution >= 0.6 is 23.2 Å². The van der Waals surface area contributed by atoms with Gasteiger partial charge in [0.05, 0.1) is 21.3 Å². The maximum absolute atomic E-state index is 12.2. The van der Waals surface area contributed by atoms with Crippen LogP contribution in [0.2, 0.25) is 10.0 Å². The molecule has 148 valence electrons. The molecular weight excluding hydrogens is 403 g/mol. The zero-order chi connectivity index (χ0) is 20.8. The summed E-state index contributed by atoms with van der Waals surface area (Å²) in [6.07, 6.45) is 0. The van der Waals surface area contributed by atoms with Crippen molar-refractivity contribution in [2.75, 3.05) is 11.9 Å². The molecule has 2 rings (SSSR count). The van der Waals surface area contributed by atoms with E-state index in [1.165, 1.54) is 13.0 Å². The van der Waals surface area contributed by atoms with Gasteiger partial charge < -0.3 is 15.4 Å². The first kappa shape index (κ1) is 21.7. The maximum atomic E-state index is 12.2. The maximum Gasteiger partial charge on any atom is 0.328 e. The van der Waals surface area contributed by atoms with Gasteiger partial charge in [0.15, 0.2) is 6.61 Å². The summed E-state index contributed by atoms with van der Waals surface area (Å²) < 4.78 is 4.97. The fraction of sp³-hybridized carbons (Fsp3) is 0.250. The smallest absolute Gasteiger partial charge is 0.328 e. The number of esters is 1. The normalized spacial score (nSPS) is 11.5. The molecule has 0 spiro atoms. The van der Waals surface area contributed by atoms with Gasteiger partial charge in [-0.1, -0.05) is 41.4 Å². The number of nitrogens with one attached hydrogen (secondary N) is 2. The van der Waals surface area contributed by atoms with Crippen LogP contribution in [0, 0.1) is 13.8 Å².